The van der Waals surface area contributed by atoms with Crippen molar-refractivity contribution in [2.75, 3.05) is 5.32 Å². The summed E-state index contributed by atoms with van der Waals surface area (Å²) in [6, 6.07) is 0. The Bertz CT molecular complexity index is 244. The van der Waals surface area contributed by atoms with Gasteiger partial charge in [0, 0.05) is 18.6 Å². The first-order chi connectivity index (χ1) is 4.97. The number of aromatic nitrogens is 2. The molecule has 0 amide bonds. The van der Waals surface area contributed by atoms with Gasteiger partial charge in [-0.3, -0.25) is 0 Å². The molecule has 0 atom stereocenters. The molecule has 0 fully saturated rings. The zero-order valence-corrected chi connectivity index (χ0v) is 5.11. The highest BCUT2D eigenvalue weighted by atomic mass is 16.5. The maximum atomic E-state index is 5.01. The van der Waals surface area contributed by atoms with E-state index in [2.05, 4.69) is 15.3 Å². The van der Waals surface area contributed by atoms with Crippen LogP contribution in [0.25, 0.3) is 0 Å². The summed E-state index contributed by atoms with van der Waals surface area (Å²) in [6.07, 6.45) is 6.38. The molecule has 4 nitrogen and oxygen atoms in total. The van der Waals surface area contributed by atoms with E-state index >= 15 is 0 Å². The minimum atomic E-state index is 0.519. The third-order valence-electron chi connectivity index (χ3n) is 1.13. The van der Waals surface area contributed by atoms with Gasteiger partial charge in [-0.05, 0) is 0 Å². The van der Waals surface area contributed by atoms with Crippen molar-refractivity contribution in [3.8, 4) is 5.88 Å². The quantitative estimate of drug-likeness (QED) is 0.570. The van der Waals surface area contributed by atoms with Crippen molar-refractivity contribution in [2.45, 2.75) is 0 Å². The lowest BCUT2D eigenvalue weighted by Gasteiger charge is -2.08. The van der Waals surface area contributed by atoms with E-state index in [1.165, 1.54) is 6.26 Å². The van der Waals surface area contributed by atoms with Crippen LogP contribution in [0.3, 0.4) is 0 Å². The Labute approximate surface area is 57.6 Å². The van der Waals surface area contributed by atoms with Gasteiger partial charge in [0.2, 0.25) is 0 Å². The summed E-state index contributed by atoms with van der Waals surface area (Å²) in [4.78, 5) is 7.89. The normalized spacial score (nSPS) is 13.2. The average molecular weight is 135 g/mol. The minimum Gasteiger partial charge on any atom is -0.442 e. The topological polar surface area (TPSA) is 47.0 Å². The SMILES string of the molecule is C1=COc2nccnc2N1. The molecular formula is C6H5N3O. The van der Waals surface area contributed by atoms with Crippen LogP contribution >= 0.6 is 0 Å². The van der Waals surface area contributed by atoms with Gasteiger partial charge in [-0.15, -0.1) is 0 Å². The smallest absolute Gasteiger partial charge is 0.262 e. The Kier molecular flexibility index (Phi) is 1.04. The molecule has 0 radical (unpaired) electrons. The van der Waals surface area contributed by atoms with Gasteiger partial charge in [-0.25, -0.2) is 9.97 Å². The van der Waals surface area contributed by atoms with Crippen molar-refractivity contribution in [3.63, 3.8) is 0 Å². The second kappa shape index (κ2) is 1.98. The van der Waals surface area contributed by atoms with Crippen LogP contribution in [-0.2, 0) is 0 Å². The van der Waals surface area contributed by atoms with E-state index < -0.39 is 0 Å². The predicted octanol–water partition coefficient (Wildman–Crippen LogP) is 0.752. The average Bonchev–Trinajstić information content (AvgIpc) is 2.05. The van der Waals surface area contributed by atoms with Crippen LogP contribution in [0.4, 0.5) is 5.82 Å². The van der Waals surface area contributed by atoms with Crippen LogP contribution in [0.5, 0.6) is 5.88 Å². The molecule has 1 aliphatic rings. The third kappa shape index (κ3) is 0.699. The second-order valence-electron chi connectivity index (χ2n) is 1.78. The van der Waals surface area contributed by atoms with E-state index in [4.69, 9.17) is 4.74 Å². The van der Waals surface area contributed by atoms with E-state index in [-0.39, 0.29) is 0 Å². The van der Waals surface area contributed by atoms with Gasteiger partial charge in [-0.2, -0.15) is 0 Å². The van der Waals surface area contributed by atoms with Gasteiger partial charge in [0.15, 0.2) is 5.82 Å². The van der Waals surface area contributed by atoms with E-state index in [1.807, 2.05) is 0 Å². The van der Waals surface area contributed by atoms with Crippen LogP contribution in [0.2, 0.25) is 0 Å². The first-order valence-corrected chi connectivity index (χ1v) is 2.86. The Balaban J connectivity index is 2.47. The van der Waals surface area contributed by atoms with Crippen LogP contribution in [-0.4, -0.2) is 9.97 Å². The molecule has 0 saturated heterocycles. The standard InChI is InChI=1S/C6H5N3O/c1-2-9-6-5(7-1)8-3-4-10-6/h1-4H,(H,7,8). The molecule has 4 heteroatoms. The van der Waals surface area contributed by atoms with E-state index in [0.717, 1.165) is 0 Å². The number of rotatable bonds is 0. The molecule has 0 aliphatic carbocycles. The third-order valence-corrected chi connectivity index (χ3v) is 1.13. The fourth-order valence-corrected chi connectivity index (χ4v) is 0.722. The highest BCUT2D eigenvalue weighted by Gasteiger charge is 2.05. The fraction of sp³-hybridized carbons (Fsp3) is 0. The maximum Gasteiger partial charge on any atom is 0.262 e. The van der Waals surface area contributed by atoms with Crippen molar-refractivity contribution in [3.05, 3.63) is 24.9 Å². The van der Waals surface area contributed by atoms with Crippen molar-refractivity contribution >= 4 is 5.82 Å². The minimum absolute atomic E-state index is 0.519. The Morgan fingerprint density at radius 2 is 2.20 bits per heavy atom. The summed E-state index contributed by atoms with van der Waals surface area (Å²) in [5, 5.41) is 2.88. The van der Waals surface area contributed by atoms with Gasteiger partial charge < -0.3 is 10.1 Å². The van der Waals surface area contributed by atoms with Gasteiger partial charge in [0.05, 0.1) is 0 Å². The van der Waals surface area contributed by atoms with Crippen molar-refractivity contribution < 1.29 is 4.74 Å². The lowest BCUT2D eigenvalue weighted by atomic mass is 10.6. The highest BCUT2D eigenvalue weighted by Crippen LogP contribution is 2.19. The summed E-state index contributed by atoms with van der Waals surface area (Å²) >= 11 is 0. The van der Waals surface area contributed by atoms with Crippen LogP contribution in [0.15, 0.2) is 24.9 Å². The molecule has 10 heavy (non-hydrogen) atoms. The molecule has 2 heterocycles. The fourth-order valence-electron chi connectivity index (χ4n) is 0.722. The van der Waals surface area contributed by atoms with E-state index in [0.29, 0.717) is 11.7 Å². The highest BCUT2D eigenvalue weighted by molar-refractivity contribution is 5.48. The Morgan fingerprint density at radius 1 is 1.30 bits per heavy atom. The Hall–Kier alpha value is -1.58. The number of ether oxygens (including phenoxy) is 1. The monoisotopic (exact) mass is 135 g/mol. The van der Waals surface area contributed by atoms with Crippen molar-refractivity contribution in [1.82, 2.24) is 9.97 Å². The van der Waals surface area contributed by atoms with Crippen LogP contribution < -0.4 is 10.1 Å². The van der Waals surface area contributed by atoms with Crippen LogP contribution in [0, 0.1) is 0 Å². The van der Waals surface area contributed by atoms with Gasteiger partial charge in [0.25, 0.3) is 5.88 Å². The first kappa shape index (κ1) is 5.22. The van der Waals surface area contributed by atoms with E-state index in [1.54, 1.807) is 18.6 Å². The Morgan fingerprint density at radius 3 is 3.10 bits per heavy atom. The molecule has 1 aliphatic heterocycles. The summed E-state index contributed by atoms with van der Waals surface area (Å²) in [5.41, 5.74) is 0. The molecule has 0 bridgehead atoms. The largest absolute Gasteiger partial charge is 0.442 e. The molecule has 0 saturated carbocycles. The molecule has 0 unspecified atom stereocenters. The lowest BCUT2D eigenvalue weighted by Crippen LogP contribution is -2.02. The zero-order chi connectivity index (χ0) is 6.81. The molecule has 50 valence electrons. The predicted molar refractivity (Wildman–Crippen MR) is 35.4 cm³/mol. The second-order valence-corrected chi connectivity index (χ2v) is 1.78. The summed E-state index contributed by atoms with van der Waals surface area (Å²) < 4.78 is 5.01. The van der Waals surface area contributed by atoms with Gasteiger partial charge in [-0.1, -0.05) is 0 Å². The molecular weight excluding hydrogens is 130 g/mol. The summed E-state index contributed by atoms with van der Waals surface area (Å²) in [5.74, 6) is 1.18. The van der Waals surface area contributed by atoms with Gasteiger partial charge in [0.1, 0.15) is 6.26 Å². The number of nitrogens with zero attached hydrogens (tertiary/aromatic N) is 2. The summed E-state index contributed by atoms with van der Waals surface area (Å²) in [6.45, 7) is 0. The van der Waals surface area contributed by atoms with Crippen molar-refractivity contribution in [2.24, 2.45) is 0 Å². The molecule has 2 rings (SSSR count). The molecule has 0 aromatic carbocycles. The van der Waals surface area contributed by atoms with E-state index in [9.17, 15) is 0 Å². The molecule has 0 spiro atoms. The number of fused-ring (bicyclic) bond motifs is 1. The molecule has 1 N–H and O–H groups in total. The summed E-state index contributed by atoms with van der Waals surface area (Å²) in [7, 11) is 0. The first-order valence-electron chi connectivity index (χ1n) is 2.86. The van der Waals surface area contributed by atoms with Gasteiger partial charge >= 0.3 is 0 Å². The molecule has 1 aromatic rings. The number of nitrogens with one attached hydrogen (secondary N) is 1. The number of hydrogen-bond donors (Lipinski definition) is 1. The lowest BCUT2D eigenvalue weighted by molar-refractivity contribution is 0.454. The zero-order valence-electron chi connectivity index (χ0n) is 5.11. The van der Waals surface area contributed by atoms with Crippen LogP contribution in [0.1, 0.15) is 0 Å². The maximum absolute atomic E-state index is 5.01. The number of hydrogen-bond acceptors (Lipinski definition) is 4. The number of anilines is 1. The van der Waals surface area contributed by atoms with Crippen molar-refractivity contribution in [1.29, 1.82) is 0 Å². The molecule has 1 aromatic heterocycles.